The van der Waals surface area contributed by atoms with E-state index < -0.39 is 0 Å². The van der Waals surface area contributed by atoms with E-state index in [-0.39, 0.29) is 10.8 Å². The Balaban J connectivity index is 3.19. The molecule has 0 saturated carbocycles. The minimum Gasteiger partial charge on any atom is -0.385 e. The van der Waals surface area contributed by atoms with Crippen molar-refractivity contribution in [1.82, 2.24) is 5.10 Å². The van der Waals surface area contributed by atoms with Crippen LogP contribution in [0.5, 0.6) is 0 Å². The van der Waals surface area contributed by atoms with Gasteiger partial charge < -0.3 is 4.42 Å². The third kappa shape index (κ3) is 2.14. The van der Waals surface area contributed by atoms with Crippen LogP contribution in [0, 0.1) is 0 Å². The highest BCUT2D eigenvalue weighted by Crippen LogP contribution is 2.24. The Morgan fingerprint density at radius 3 is 1.71 bits per heavy atom. The Hall–Kier alpha value is -0.860. The van der Waals surface area contributed by atoms with Gasteiger partial charge in [-0.3, -0.25) is 0 Å². The summed E-state index contributed by atoms with van der Waals surface area (Å²) in [6.45, 7) is 12.7. The number of hydrogen-bond donors (Lipinski definition) is 0. The lowest BCUT2D eigenvalue weighted by Gasteiger charge is -2.11. The molecule has 14 heavy (non-hydrogen) atoms. The molecule has 0 saturated heterocycles. The number of rotatable bonds is 0. The fraction of sp³-hybridized carbons (Fsp3) is 0.818. The highest BCUT2D eigenvalue weighted by molar-refractivity contribution is 4.97. The van der Waals surface area contributed by atoms with E-state index in [0.29, 0.717) is 0 Å². The summed E-state index contributed by atoms with van der Waals surface area (Å²) in [4.78, 5) is 0. The van der Waals surface area contributed by atoms with Gasteiger partial charge in [-0.25, -0.2) is 0 Å². The first-order chi connectivity index (χ1) is 6.12. The quantitative estimate of drug-likeness (QED) is 0.596. The number of hydrogen-bond acceptors (Lipinski definition) is 2. The molecule has 0 radical (unpaired) electrons. The molecule has 0 aliphatic heterocycles. The van der Waals surface area contributed by atoms with Crippen LogP contribution in [0.2, 0.25) is 0 Å². The van der Waals surface area contributed by atoms with Crippen LogP contribution in [-0.2, 0) is 17.9 Å². The standard InChI is InChI=1S/C11H21N2O/c1-10(2,3)8-12-13(7)9(14-8)11(4,5)6/h1-7H3/q+1. The third-order valence-corrected chi connectivity index (χ3v) is 2.01. The minimum absolute atomic E-state index is 0.00521. The average molecular weight is 197 g/mol. The van der Waals surface area contributed by atoms with E-state index in [4.69, 9.17) is 4.42 Å². The van der Waals surface area contributed by atoms with E-state index >= 15 is 0 Å². The smallest absolute Gasteiger partial charge is 0.379 e. The maximum atomic E-state index is 5.80. The molecule has 0 spiro atoms. The van der Waals surface area contributed by atoms with Crippen LogP contribution in [-0.4, -0.2) is 5.10 Å². The van der Waals surface area contributed by atoms with Gasteiger partial charge in [-0.15, -0.1) is 0 Å². The second kappa shape index (κ2) is 3.07. The molecule has 0 bridgehead atoms. The van der Waals surface area contributed by atoms with E-state index in [1.807, 2.05) is 11.7 Å². The summed E-state index contributed by atoms with van der Waals surface area (Å²) in [6.07, 6.45) is 0. The second-order valence-corrected chi connectivity index (χ2v) is 5.84. The highest BCUT2D eigenvalue weighted by Gasteiger charge is 2.34. The van der Waals surface area contributed by atoms with E-state index in [9.17, 15) is 0 Å². The zero-order valence-corrected chi connectivity index (χ0v) is 10.3. The van der Waals surface area contributed by atoms with Crippen LogP contribution in [0.25, 0.3) is 0 Å². The number of aryl methyl sites for hydroxylation is 1. The van der Waals surface area contributed by atoms with Crippen molar-refractivity contribution in [2.24, 2.45) is 7.05 Å². The van der Waals surface area contributed by atoms with E-state index in [1.54, 1.807) is 0 Å². The molecule has 0 amide bonds. The summed E-state index contributed by atoms with van der Waals surface area (Å²) in [5.41, 5.74) is -0.0213. The SMILES string of the molecule is C[n+]1nc(C(C)(C)C)oc1C(C)(C)C. The lowest BCUT2D eigenvalue weighted by molar-refractivity contribution is -0.741. The molecule has 1 rings (SSSR count). The van der Waals surface area contributed by atoms with E-state index in [1.165, 1.54) is 0 Å². The first kappa shape index (κ1) is 11.2. The Morgan fingerprint density at radius 2 is 1.50 bits per heavy atom. The summed E-state index contributed by atoms with van der Waals surface area (Å²) >= 11 is 0. The highest BCUT2D eigenvalue weighted by atomic mass is 16.4. The Kier molecular flexibility index (Phi) is 2.46. The molecule has 1 heterocycles. The third-order valence-electron chi connectivity index (χ3n) is 2.01. The zero-order valence-electron chi connectivity index (χ0n) is 10.3. The topological polar surface area (TPSA) is 29.9 Å². The molecule has 0 fully saturated rings. The van der Waals surface area contributed by atoms with Gasteiger partial charge in [0.05, 0.1) is 5.41 Å². The number of aromatic nitrogens is 2. The Bertz CT molecular complexity index is 326. The molecular formula is C11H21N2O+. The van der Waals surface area contributed by atoms with Gasteiger partial charge in [0.15, 0.2) is 7.05 Å². The van der Waals surface area contributed by atoms with Crippen molar-refractivity contribution < 1.29 is 9.10 Å². The van der Waals surface area contributed by atoms with E-state index in [2.05, 4.69) is 46.6 Å². The predicted molar refractivity (Wildman–Crippen MR) is 55.1 cm³/mol. The summed E-state index contributed by atoms with van der Waals surface area (Å²) in [5.74, 6) is 1.72. The fourth-order valence-electron chi connectivity index (χ4n) is 1.30. The minimum atomic E-state index is -0.0265. The molecule has 1 aromatic heterocycles. The van der Waals surface area contributed by atoms with Crippen molar-refractivity contribution in [3.63, 3.8) is 0 Å². The molecule has 0 atom stereocenters. The molecule has 0 unspecified atom stereocenters. The molecule has 1 aromatic rings. The molecule has 0 N–H and O–H groups in total. The molecule has 0 aliphatic rings. The Labute approximate surface area is 86.1 Å². The Morgan fingerprint density at radius 1 is 1.00 bits per heavy atom. The maximum absolute atomic E-state index is 5.80. The maximum Gasteiger partial charge on any atom is 0.379 e. The predicted octanol–water partition coefficient (Wildman–Crippen LogP) is 2.09. The van der Waals surface area contributed by atoms with Gasteiger partial charge in [-0.2, -0.15) is 0 Å². The summed E-state index contributed by atoms with van der Waals surface area (Å²) in [6, 6.07) is 0. The lowest BCUT2D eigenvalue weighted by Crippen LogP contribution is -2.40. The summed E-state index contributed by atoms with van der Waals surface area (Å²) < 4.78 is 7.63. The van der Waals surface area contributed by atoms with E-state index in [0.717, 1.165) is 11.8 Å². The monoisotopic (exact) mass is 197 g/mol. The van der Waals surface area contributed by atoms with Crippen molar-refractivity contribution in [3.05, 3.63) is 11.8 Å². The van der Waals surface area contributed by atoms with Crippen LogP contribution >= 0.6 is 0 Å². The van der Waals surface area contributed by atoms with Crippen LogP contribution < -0.4 is 4.68 Å². The van der Waals surface area contributed by atoms with Crippen LogP contribution in [0.3, 0.4) is 0 Å². The van der Waals surface area contributed by atoms with Crippen molar-refractivity contribution in [2.75, 3.05) is 0 Å². The van der Waals surface area contributed by atoms with Crippen molar-refractivity contribution in [1.29, 1.82) is 0 Å². The first-order valence-electron chi connectivity index (χ1n) is 5.00. The van der Waals surface area contributed by atoms with Crippen LogP contribution in [0.15, 0.2) is 4.42 Å². The van der Waals surface area contributed by atoms with Gasteiger partial charge in [0.2, 0.25) is 0 Å². The van der Waals surface area contributed by atoms with Crippen LogP contribution in [0.1, 0.15) is 53.3 Å². The molecule has 0 aromatic carbocycles. The van der Waals surface area contributed by atoms with Gasteiger partial charge in [0, 0.05) is 10.5 Å². The van der Waals surface area contributed by atoms with Crippen LogP contribution in [0.4, 0.5) is 0 Å². The molecule has 3 heteroatoms. The largest absolute Gasteiger partial charge is 0.385 e. The van der Waals surface area contributed by atoms with Gasteiger partial charge in [0.25, 0.3) is 5.89 Å². The molecule has 80 valence electrons. The molecule has 0 aliphatic carbocycles. The zero-order chi connectivity index (χ0) is 11.1. The second-order valence-electron chi connectivity index (χ2n) is 5.84. The number of nitrogens with zero attached hydrogens (tertiary/aromatic N) is 2. The summed E-state index contributed by atoms with van der Waals surface area (Å²) in [5, 5.41) is 4.40. The van der Waals surface area contributed by atoms with Gasteiger partial charge in [-0.05, 0) is 20.8 Å². The molecule has 3 nitrogen and oxygen atoms in total. The van der Waals surface area contributed by atoms with Gasteiger partial charge >= 0.3 is 5.89 Å². The molecular weight excluding hydrogens is 176 g/mol. The fourth-order valence-corrected chi connectivity index (χ4v) is 1.30. The van der Waals surface area contributed by atoms with Gasteiger partial charge in [-0.1, -0.05) is 25.5 Å². The van der Waals surface area contributed by atoms with Crippen molar-refractivity contribution in [3.8, 4) is 0 Å². The normalized spacial score (nSPS) is 13.4. The lowest BCUT2D eigenvalue weighted by atomic mass is 9.96. The average Bonchev–Trinajstić information content (AvgIpc) is 2.27. The summed E-state index contributed by atoms with van der Waals surface area (Å²) in [7, 11) is 1.93. The van der Waals surface area contributed by atoms with Crippen molar-refractivity contribution >= 4 is 0 Å². The first-order valence-corrected chi connectivity index (χ1v) is 5.00. The van der Waals surface area contributed by atoms with Gasteiger partial charge in [0.1, 0.15) is 0 Å². The van der Waals surface area contributed by atoms with Crippen molar-refractivity contribution in [2.45, 2.75) is 52.4 Å².